The first-order chi connectivity index (χ1) is 14.3. The number of hydrazone groups is 1. The zero-order chi connectivity index (χ0) is 21.7. The summed E-state index contributed by atoms with van der Waals surface area (Å²) in [6.07, 6.45) is 6.78. The Morgan fingerprint density at radius 2 is 1.87 bits per heavy atom. The third-order valence-electron chi connectivity index (χ3n) is 5.31. The minimum Gasteiger partial charge on any atom is -0.353 e. The van der Waals surface area contributed by atoms with E-state index in [1.165, 1.54) is 6.42 Å². The van der Waals surface area contributed by atoms with E-state index in [1.54, 1.807) is 18.3 Å². The summed E-state index contributed by atoms with van der Waals surface area (Å²) in [6.45, 7) is 3.90. The van der Waals surface area contributed by atoms with Crippen LogP contribution < -0.4 is 10.7 Å². The van der Waals surface area contributed by atoms with Gasteiger partial charge in [-0.05, 0) is 51.0 Å². The van der Waals surface area contributed by atoms with Gasteiger partial charge in [0, 0.05) is 28.0 Å². The molecule has 0 spiro atoms. The molecule has 0 saturated heterocycles. The molecule has 1 heterocycles. The maximum absolute atomic E-state index is 12.0. The van der Waals surface area contributed by atoms with Crippen molar-refractivity contribution in [3.8, 4) is 5.69 Å². The molecule has 8 heteroatoms. The van der Waals surface area contributed by atoms with Crippen molar-refractivity contribution in [2.45, 2.75) is 58.4 Å². The molecule has 1 aromatic carbocycles. The van der Waals surface area contributed by atoms with Crippen LogP contribution in [0.2, 0.25) is 10.0 Å². The van der Waals surface area contributed by atoms with Gasteiger partial charge >= 0.3 is 0 Å². The molecular formula is C22H26Cl2N4O2. The molecule has 2 N–H and O–H groups in total. The number of aryl methyl sites for hydroxylation is 1. The Labute approximate surface area is 186 Å². The summed E-state index contributed by atoms with van der Waals surface area (Å²) in [5, 5.41) is 8.06. The van der Waals surface area contributed by atoms with Gasteiger partial charge in [-0.2, -0.15) is 5.10 Å². The summed E-state index contributed by atoms with van der Waals surface area (Å²) < 4.78 is 2.00. The third kappa shape index (κ3) is 5.64. The molecule has 1 aliphatic rings. The van der Waals surface area contributed by atoms with E-state index in [0.717, 1.165) is 48.3 Å². The van der Waals surface area contributed by atoms with Crippen LogP contribution in [0.3, 0.4) is 0 Å². The van der Waals surface area contributed by atoms with Gasteiger partial charge in [-0.1, -0.05) is 42.5 Å². The molecule has 2 amide bonds. The Kier molecular flexibility index (Phi) is 7.56. The number of halogens is 2. The van der Waals surface area contributed by atoms with Gasteiger partial charge in [-0.15, -0.1) is 0 Å². The van der Waals surface area contributed by atoms with Gasteiger partial charge in [0.1, 0.15) is 6.42 Å². The summed E-state index contributed by atoms with van der Waals surface area (Å²) in [6, 6.07) is 7.48. The second kappa shape index (κ2) is 10.1. The quantitative estimate of drug-likeness (QED) is 0.382. The maximum Gasteiger partial charge on any atom is 0.249 e. The smallest absolute Gasteiger partial charge is 0.249 e. The highest BCUT2D eigenvalue weighted by atomic mass is 35.5. The normalized spacial score (nSPS) is 14.8. The number of nitrogens with zero attached hydrogens (tertiary/aromatic N) is 2. The Balaban J connectivity index is 1.59. The number of nitrogens with one attached hydrogen (secondary N) is 2. The molecule has 0 unspecified atom stereocenters. The second-order valence-corrected chi connectivity index (χ2v) is 8.47. The lowest BCUT2D eigenvalue weighted by Gasteiger charge is -2.22. The van der Waals surface area contributed by atoms with Gasteiger partial charge in [-0.3, -0.25) is 9.59 Å². The number of carbonyl (C=O) groups is 2. The van der Waals surface area contributed by atoms with E-state index in [0.29, 0.717) is 10.0 Å². The average molecular weight is 449 g/mol. The first-order valence-corrected chi connectivity index (χ1v) is 10.9. The molecule has 6 nitrogen and oxygen atoms in total. The molecule has 1 saturated carbocycles. The van der Waals surface area contributed by atoms with Crippen molar-refractivity contribution < 1.29 is 9.59 Å². The summed E-state index contributed by atoms with van der Waals surface area (Å²) in [4.78, 5) is 24.0. The van der Waals surface area contributed by atoms with Crippen LogP contribution in [0.1, 0.15) is 55.5 Å². The van der Waals surface area contributed by atoms with Gasteiger partial charge in [0.15, 0.2) is 0 Å². The highest BCUT2D eigenvalue weighted by Crippen LogP contribution is 2.28. The fourth-order valence-electron chi connectivity index (χ4n) is 3.84. The van der Waals surface area contributed by atoms with Crippen LogP contribution in [0.4, 0.5) is 0 Å². The van der Waals surface area contributed by atoms with Gasteiger partial charge in [-0.25, -0.2) is 5.43 Å². The molecule has 0 bridgehead atoms. The molecule has 0 atom stereocenters. The molecule has 0 radical (unpaired) electrons. The van der Waals surface area contributed by atoms with Crippen LogP contribution in [-0.2, 0) is 9.59 Å². The average Bonchev–Trinajstić information content (AvgIpc) is 2.96. The fraction of sp³-hybridized carbons (Fsp3) is 0.409. The predicted molar refractivity (Wildman–Crippen MR) is 121 cm³/mol. The maximum atomic E-state index is 12.0. The Bertz CT molecular complexity index is 962. The molecule has 0 aliphatic heterocycles. The number of carbonyl (C=O) groups excluding carboxylic acids is 2. The molecule has 30 heavy (non-hydrogen) atoms. The van der Waals surface area contributed by atoms with Crippen molar-refractivity contribution in [2.24, 2.45) is 5.10 Å². The largest absolute Gasteiger partial charge is 0.353 e. The monoisotopic (exact) mass is 448 g/mol. The second-order valence-electron chi connectivity index (χ2n) is 7.63. The van der Waals surface area contributed by atoms with E-state index in [1.807, 2.05) is 30.5 Å². The summed E-state index contributed by atoms with van der Waals surface area (Å²) in [5.41, 5.74) is 5.98. The molecule has 3 rings (SSSR count). The lowest BCUT2D eigenvalue weighted by molar-refractivity contribution is -0.129. The van der Waals surface area contributed by atoms with Crippen molar-refractivity contribution in [1.29, 1.82) is 0 Å². The van der Waals surface area contributed by atoms with Gasteiger partial charge in [0.25, 0.3) is 0 Å². The highest BCUT2D eigenvalue weighted by Gasteiger charge is 2.17. The van der Waals surface area contributed by atoms with Crippen LogP contribution in [0, 0.1) is 13.8 Å². The fourth-order valence-corrected chi connectivity index (χ4v) is 4.33. The van der Waals surface area contributed by atoms with Crippen molar-refractivity contribution in [3.63, 3.8) is 0 Å². The molecule has 1 aliphatic carbocycles. The third-order valence-corrected chi connectivity index (χ3v) is 5.84. The highest BCUT2D eigenvalue weighted by molar-refractivity contribution is 6.35. The van der Waals surface area contributed by atoms with Gasteiger partial charge < -0.3 is 9.88 Å². The lowest BCUT2D eigenvalue weighted by atomic mass is 9.95. The molecular weight excluding hydrogens is 423 g/mol. The molecule has 2 aromatic rings. The number of rotatable bonds is 6. The molecule has 160 valence electrons. The first kappa shape index (κ1) is 22.4. The van der Waals surface area contributed by atoms with E-state index >= 15 is 0 Å². The summed E-state index contributed by atoms with van der Waals surface area (Å²) in [7, 11) is 0. The van der Waals surface area contributed by atoms with E-state index in [2.05, 4.69) is 15.8 Å². The van der Waals surface area contributed by atoms with Crippen molar-refractivity contribution in [2.75, 3.05) is 0 Å². The van der Waals surface area contributed by atoms with Gasteiger partial charge in [0.2, 0.25) is 11.8 Å². The molecule has 1 aromatic heterocycles. The SMILES string of the molecule is Cc1cc(/C=N/NC(=O)CC(=O)NC2CCCCC2)c(C)n1-c1ccc(Cl)cc1Cl. The minimum atomic E-state index is -0.436. The van der Waals surface area contributed by atoms with E-state index in [4.69, 9.17) is 23.2 Å². The summed E-state index contributed by atoms with van der Waals surface area (Å²) >= 11 is 12.3. The number of benzene rings is 1. The number of amides is 2. The standard InChI is InChI=1S/C22H26Cl2N4O2/c1-14-10-16(15(2)28(14)20-9-8-17(23)11-19(20)24)13-25-27-22(30)12-21(29)26-18-6-4-3-5-7-18/h8-11,13,18H,3-7,12H2,1-2H3,(H,26,29)(H,27,30)/b25-13+. The first-order valence-electron chi connectivity index (χ1n) is 10.1. The van der Waals surface area contributed by atoms with Crippen LogP contribution >= 0.6 is 23.2 Å². The lowest BCUT2D eigenvalue weighted by Crippen LogP contribution is -2.38. The topological polar surface area (TPSA) is 75.5 Å². The van der Waals surface area contributed by atoms with Crippen LogP contribution in [0.15, 0.2) is 29.4 Å². The van der Waals surface area contributed by atoms with E-state index in [9.17, 15) is 9.59 Å². The van der Waals surface area contributed by atoms with E-state index < -0.39 is 5.91 Å². The molecule has 1 fully saturated rings. The number of aromatic nitrogens is 1. The number of hydrogen-bond acceptors (Lipinski definition) is 3. The van der Waals surface area contributed by atoms with Crippen molar-refractivity contribution in [1.82, 2.24) is 15.3 Å². The van der Waals surface area contributed by atoms with Crippen LogP contribution in [0.5, 0.6) is 0 Å². The summed E-state index contributed by atoms with van der Waals surface area (Å²) in [5.74, 6) is -0.695. The van der Waals surface area contributed by atoms with Gasteiger partial charge in [0.05, 0.1) is 16.9 Å². The van der Waals surface area contributed by atoms with Crippen LogP contribution in [-0.4, -0.2) is 28.6 Å². The Morgan fingerprint density at radius 1 is 1.13 bits per heavy atom. The Hall–Kier alpha value is -2.31. The minimum absolute atomic E-state index is 0.188. The zero-order valence-corrected chi connectivity index (χ0v) is 18.7. The zero-order valence-electron chi connectivity index (χ0n) is 17.2. The predicted octanol–water partition coefficient (Wildman–Crippen LogP) is 4.69. The van der Waals surface area contributed by atoms with E-state index in [-0.39, 0.29) is 18.4 Å². The number of hydrogen-bond donors (Lipinski definition) is 2. The van der Waals surface area contributed by atoms with Crippen LogP contribution in [0.25, 0.3) is 5.69 Å². The van der Waals surface area contributed by atoms with Crippen molar-refractivity contribution >= 4 is 41.2 Å². The Morgan fingerprint density at radius 3 is 2.57 bits per heavy atom. The van der Waals surface area contributed by atoms with Crippen molar-refractivity contribution in [3.05, 3.63) is 51.3 Å².